The van der Waals surface area contributed by atoms with Gasteiger partial charge < -0.3 is 15.4 Å². The van der Waals surface area contributed by atoms with Crippen molar-refractivity contribution in [3.05, 3.63) is 95.3 Å². The average molecular weight is 656 g/mol. The van der Waals surface area contributed by atoms with E-state index in [0.29, 0.717) is 16.5 Å². The highest BCUT2D eigenvalue weighted by Crippen LogP contribution is 2.36. The Morgan fingerprint density at radius 1 is 1.21 bits per heavy atom. The number of hydrogen-bond donors (Lipinski definition) is 2. The zero-order valence-electron chi connectivity index (χ0n) is 17.7. The zero-order valence-corrected chi connectivity index (χ0v) is 23.0. The van der Waals surface area contributed by atoms with E-state index in [4.69, 9.17) is 16.3 Å². The van der Waals surface area contributed by atoms with Gasteiger partial charge in [-0.15, -0.1) is 0 Å². The van der Waals surface area contributed by atoms with Gasteiger partial charge in [-0.1, -0.05) is 60.6 Å². The van der Waals surface area contributed by atoms with Crippen LogP contribution in [-0.4, -0.2) is 11.4 Å². The molecule has 0 aromatic heterocycles. The summed E-state index contributed by atoms with van der Waals surface area (Å²) in [6.45, 7) is 2.50. The molecule has 170 valence electrons. The molecule has 3 aromatic carbocycles. The number of aryl methyl sites for hydroxylation is 1. The molecule has 33 heavy (non-hydrogen) atoms. The second kappa shape index (κ2) is 11.2. The van der Waals surface area contributed by atoms with Gasteiger partial charge in [-0.25, -0.2) is 0 Å². The Hall–Kier alpha value is -1.68. The van der Waals surface area contributed by atoms with Crippen LogP contribution in [0.15, 0.2) is 70.0 Å². The molecule has 1 saturated heterocycles. The molecule has 1 aliphatic heterocycles. The lowest BCUT2D eigenvalue weighted by Crippen LogP contribution is -2.30. The van der Waals surface area contributed by atoms with E-state index in [9.17, 15) is 4.79 Å². The molecule has 2 N–H and O–H groups in total. The molecule has 1 amide bonds. The van der Waals surface area contributed by atoms with Crippen LogP contribution in [0.3, 0.4) is 0 Å². The number of benzene rings is 3. The number of nitrogens with one attached hydrogen (secondary N) is 2. The van der Waals surface area contributed by atoms with E-state index < -0.39 is 0 Å². The third-order valence-corrected chi connectivity index (χ3v) is 7.83. The van der Waals surface area contributed by atoms with E-state index in [1.807, 2.05) is 54.6 Å². The topological polar surface area (TPSA) is 50.4 Å². The fraction of sp³-hybridized carbons (Fsp3) is 0.160. The van der Waals surface area contributed by atoms with Crippen molar-refractivity contribution >= 4 is 79.6 Å². The van der Waals surface area contributed by atoms with Gasteiger partial charge in [0, 0.05) is 16.3 Å². The monoisotopic (exact) mass is 654 g/mol. The molecule has 4 rings (SSSR count). The Balaban J connectivity index is 1.44. The smallest absolute Gasteiger partial charge is 0.260 e. The van der Waals surface area contributed by atoms with Gasteiger partial charge in [-0.05, 0) is 92.5 Å². The lowest BCUT2D eigenvalue weighted by atomic mass is 10.1. The fourth-order valence-electron chi connectivity index (χ4n) is 3.27. The largest absolute Gasteiger partial charge is 0.487 e. The van der Waals surface area contributed by atoms with Gasteiger partial charge in [0.25, 0.3) is 5.91 Å². The highest BCUT2D eigenvalue weighted by atomic mass is 127. The quantitative estimate of drug-likeness (QED) is 0.205. The summed E-state index contributed by atoms with van der Waals surface area (Å²) in [5, 5.41) is 7.01. The predicted molar refractivity (Wildman–Crippen MR) is 150 cm³/mol. The van der Waals surface area contributed by atoms with Crippen LogP contribution in [0, 0.1) is 3.57 Å². The Bertz CT molecular complexity index is 1180. The van der Waals surface area contributed by atoms with Crippen LogP contribution in [0.5, 0.6) is 5.75 Å². The number of hydrogen-bond acceptors (Lipinski definition) is 4. The Kier molecular flexibility index (Phi) is 8.27. The number of carbonyl (C=O) groups is 1. The molecule has 0 radical (unpaired) electrons. The molecule has 0 spiro atoms. The molecule has 8 heteroatoms. The first-order valence-corrected chi connectivity index (χ1v) is 13.5. The Morgan fingerprint density at radius 3 is 2.67 bits per heavy atom. The lowest BCUT2D eigenvalue weighted by molar-refractivity contribution is -0.116. The van der Waals surface area contributed by atoms with E-state index in [1.54, 1.807) is 0 Å². The molecule has 0 aliphatic carbocycles. The molecule has 0 bridgehead atoms. The van der Waals surface area contributed by atoms with E-state index in [2.05, 4.69) is 68.2 Å². The minimum atomic E-state index is -0.211. The number of rotatable bonds is 7. The first-order chi connectivity index (χ1) is 15.9. The van der Waals surface area contributed by atoms with Gasteiger partial charge in [0.15, 0.2) is 5.50 Å². The zero-order chi connectivity index (χ0) is 23.4. The van der Waals surface area contributed by atoms with Gasteiger partial charge in [-0.3, -0.25) is 4.79 Å². The highest BCUT2D eigenvalue weighted by molar-refractivity contribution is 14.1. The highest BCUT2D eigenvalue weighted by Gasteiger charge is 2.27. The fourth-order valence-corrected chi connectivity index (χ4v) is 6.21. The molecule has 1 aliphatic rings. The summed E-state index contributed by atoms with van der Waals surface area (Å²) in [5.74, 6) is 0.657. The predicted octanol–water partition coefficient (Wildman–Crippen LogP) is 7.45. The first kappa shape index (κ1) is 24.4. The molecule has 1 atom stereocenters. The molecular formula is C25H21BrClIN2O2S. The summed E-state index contributed by atoms with van der Waals surface area (Å²) in [6.07, 6.45) is 2.90. The average Bonchev–Trinajstić information content (AvgIpc) is 3.13. The van der Waals surface area contributed by atoms with Gasteiger partial charge >= 0.3 is 0 Å². The van der Waals surface area contributed by atoms with Crippen molar-refractivity contribution in [3.63, 3.8) is 0 Å². The van der Waals surface area contributed by atoms with Crippen molar-refractivity contribution in [2.45, 2.75) is 25.4 Å². The lowest BCUT2D eigenvalue weighted by Gasteiger charge is -2.13. The number of thioether (sulfide) groups is 1. The minimum Gasteiger partial charge on any atom is -0.487 e. The van der Waals surface area contributed by atoms with Crippen LogP contribution in [0.2, 0.25) is 5.02 Å². The van der Waals surface area contributed by atoms with Crippen molar-refractivity contribution in [2.75, 3.05) is 5.32 Å². The van der Waals surface area contributed by atoms with Crippen molar-refractivity contribution in [2.24, 2.45) is 0 Å². The number of amides is 1. The summed E-state index contributed by atoms with van der Waals surface area (Å²) in [4.78, 5) is 13.2. The van der Waals surface area contributed by atoms with Crippen LogP contribution in [-0.2, 0) is 17.8 Å². The Morgan fingerprint density at radius 2 is 1.97 bits per heavy atom. The summed E-state index contributed by atoms with van der Waals surface area (Å²) < 4.78 is 7.79. The summed E-state index contributed by atoms with van der Waals surface area (Å²) in [7, 11) is 0. The Labute approximate surface area is 224 Å². The molecule has 3 aromatic rings. The minimum absolute atomic E-state index is 0.0899. The second-order valence-corrected chi connectivity index (χ2v) is 10.9. The van der Waals surface area contributed by atoms with Gasteiger partial charge in [-0.2, -0.15) is 0 Å². The first-order valence-electron chi connectivity index (χ1n) is 10.3. The van der Waals surface area contributed by atoms with Crippen molar-refractivity contribution in [1.82, 2.24) is 5.32 Å². The van der Waals surface area contributed by atoms with Crippen LogP contribution >= 0.6 is 61.9 Å². The number of halogens is 3. The summed E-state index contributed by atoms with van der Waals surface area (Å²) in [5.41, 5.74) is 3.89. The SMILES string of the molecule is CCc1ccc(N[C@H]2NC(=O)/C(=C/c3cc(Br)c(OCc4ccccc4Cl)c(I)c3)S2)cc1. The van der Waals surface area contributed by atoms with E-state index in [1.165, 1.54) is 17.3 Å². The van der Waals surface area contributed by atoms with E-state index in [-0.39, 0.29) is 11.4 Å². The molecule has 0 unspecified atom stereocenters. The van der Waals surface area contributed by atoms with Crippen LogP contribution < -0.4 is 15.4 Å². The van der Waals surface area contributed by atoms with Crippen molar-refractivity contribution < 1.29 is 9.53 Å². The van der Waals surface area contributed by atoms with Gasteiger partial charge in [0.1, 0.15) is 12.4 Å². The number of anilines is 1. The maximum Gasteiger partial charge on any atom is 0.260 e. The third kappa shape index (κ3) is 6.26. The molecule has 1 heterocycles. The number of ether oxygens (including phenoxy) is 1. The maximum atomic E-state index is 12.5. The van der Waals surface area contributed by atoms with E-state index in [0.717, 1.165) is 37.0 Å². The maximum absolute atomic E-state index is 12.5. The van der Waals surface area contributed by atoms with Crippen LogP contribution in [0.1, 0.15) is 23.6 Å². The number of carbonyl (C=O) groups excluding carboxylic acids is 1. The standard InChI is InChI=1S/C25H21BrClIN2O2S/c1-2-15-7-9-18(10-8-15)29-25-30-24(31)22(33-25)13-16-11-19(26)23(21(28)12-16)32-14-17-5-3-4-6-20(17)27/h3-13,25,29H,2,14H2,1H3,(H,30,31)/b22-13-/t25-/m0/s1. The molecule has 0 saturated carbocycles. The van der Waals surface area contributed by atoms with Gasteiger partial charge in [0.2, 0.25) is 0 Å². The molecular weight excluding hydrogens is 635 g/mol. The van der Waals surface area contributed by atoms with Crippen molar-refractivity contribution in [3.8, 4) is 5.75 Å². The van der Waals surface area contributed by atoms with Crippen LogP contribution in [0.4, 0.5) is 5.69 Å². The normalized spacial score (nSPS) is 16.7. The second-order valence-electron chi connectivity index (χ2n) is 7.37. The summed E-state index contributed by atoms with van der Waals surface area (Å²) >= 11 is 13.6. The van der Waals surface area contributed by atoms with E-state index >= 15 is 0 Å². The van der Waals surface area contributed by atoms with Crippen LogP contribution in [0.25, 0.3) is 6.08 Å². The summed E-state index contributed by atoms with van der Waals surface area (Å²) in [6, 6.07) is 19.8. The third-order valence-electron chi connectivity index (χ3n) is 5.04. The van der Waals surface area contributed by atoms with Gasteiger partial charge in [0.05, 0.1) is 12.9 Å². The molecule has 4 nitrogen and oxygen atoms in total. The van der Waals surface area contributed by atoms with Crippen molar-refractivity contribution in [1.29, 1.82) is 0 Å². The molecule has 1 fully saturated rings.